The number of alkyl carbamates (subject to hydrolysis) is 1. The summed E-state index contributed by atoms with van der Waals surface area (Å²) >= 11 is 0. The summed E-state index contributed by atoms with van der Waals surface area (Å²) in [6.07, 6.45) is 9.56. The summed E-state index contributed by atoms with van der Waals surface area (Å²) in [5, 5.41) is 12.1. The fourth-order valence-corrected chi connectivity index (χ4v) is 3.36. The smallest absolute Gasteiger partial charge is 0.410 e. The van der Waals surface area contributed by atoms with Crippen LogP contribution in [0.1, 0.15) is 75.8 Å². The SMILES string of the molecule is CCCCCCCCCCC(NC(=O)OCc1ccccc1)Oc1ccc(CO)cc1. The highest BCUT2D eigenvalue weighted by molar-refractivity contribution is 5.67. The zero-order valence-corrected chi connectivity index (χ0v) is 18.7. The summed E-state index contributed by atoms with van der Waals surface area (Å²) in [6.45, 7) is 2.45. The van der Waals surface area contributed by atoms with Crippen molar-refractivity contribution in [3.8, 4) is 5.75 Å². The lowest BCUT2D eigenvalue weighted by Gasteiger charge is -2.20. The first-order valence-corrected chi connectivity index (χ1v) is 11.5. The lowest BCUT2D eigenvalue weighted by molar-refractivity contribution is 0.101. The maximum atomic E-state index is 12.3. The molecular formula is C26H37NO4. The monoisotopic (exact) mass is 427 g/mol. The predicted octanol–water partition coefficient (Wildman–Crippen LogP) is 6.34. The van der Waals surface area contributed by atoms with E-state index in [2.05, 4.69) is 12.2 Å². The summed E-state index contributed by atoms with van der Waals surface area (Å²) in [6, 6.07) is 16.9. The van der Waals surface area contributed by atoms with Crippen LogP contribution in [0.15, 0.2) is 54.6 Å². The van der Waals surface area contributed by atoms with E-state index < -0.39 is 12.3 Å². The molecule has 1 amide bonds. The summed E-state index contributed by atoms with van der Waals surface area (Å²) in [5.74, 6) is 0.658. The fraction of sp³-hybridized carbons (Fsp3) is 0.500. The third-order valence-corrected chi connectivity index (χ3v) is 5.20. The van der Waals surface area contributed by atoms with Gasteiger partial charge >= 0.3 is 6.09 Å². The molecule has 0 radical (unpaired) electrons. The highest BCUT2D eigenvalue weighted by Gasteiger charge is 2.15. The predicted molar refractivity (Wildman–Crippen MR) is 124 cm³/mol. The number of carbonyl (C=O) groups excluding carboxylic acids is 1. The highest BCUT2D eigenvalue weighted by Crippen LogP contribution is 2.17. The van der Waals surface area contributed by atoms with Gasteiger partial charge in [-0.3, -0.25) is 5.32 Å². The third kappa shape index (κ3) is 10.9. The van der Waals surface area contributed by atoms with E-state index in [0.29, 0.717) is 5.75 Å². The van der Waals surface area contributed by atoms with Crippen LogP contribution < -0.4 is 10.1 Å². The molecule has 31 heavy (non-hydrogen) atoms. The second-order valence-electron chi connectivity index (χ2n) is 7.88. The van der Waals surface area contributed by atoms with Crippen LogP contribution in [0.25, 0.3) is 0 Å². The number of rotatable bonds is 15. The number of benzene rings is 2. The average molecular weight is 428 g/mol. The number of aliphatic hydroxyl groups is 1. The van der Waals surface area contributed by atoms with Gasteiger partial charge in [-0.15, -0.1) is 0 Å². The Morgan fingerprint density at radius 1 is 0.871 bits per heavy atom. The van der Waals surface area contributed by atoms with Gasteiger partial charge in [0.05, 0.1) is 6.61 Å². The molecular weight excluding hydrogens is 390 g/mol. The van der Waals surface area contributed by atoms with E-state index >= 15 is 0 Å². The van der Waals surface area contributed by atoms with Crippen LogP contribution in [0.2, 0.25) is 0 Å². The Morgan fingerprint density at radius 2 is 1.52 bits per heavy atom. The quantitative estimate of drug-likeness (QED) is 0.257. The van der Waals surface area contributed by atoms with Crippen LogP contribution in [0, 0.1) is 0 Å². The van der Waals surface area contributed by atoms with Gasteiger partial charge in [0.25, 0.3) is 0 Å². The molecule has 2 rings (SSSR count). The number of nitrogens with one attached hydrogen (secondary N) is 1. The molecule has 2 aromatic rings. The van der Waals surface area contributed by atoms with Gasteiger partial charge in [0.15, 0.2) is 6.23 Å². The summed E-state index contributed by atoms with van der Waals surface area (Å²) in [5.41, 5.74) is 1.76. The molecule has 0 aliphatic heterocycles. The van der Waals surface area contributed by atoms with E-state index in [4.69, 9.17) is 9.47 Å². The molecule has 2 aromatic carbocycles. The van der Waals surface area contributed by atoms with Crippen LogP contribution in [0.4, 0.5) is 4.79 Å². The minimum Gasteiger partial charge on any atom is -0.471 e. The molecule has 0 aliphatic rings. The fourth-order valence-electron chi connectivity index (χ4n) is 3.36. The molecule has 0 aromatic heterocycles. The lowest BCUT2D eigenvalue weighted by atomic mass is 10.1. The van der Waals surface area contributed by atoms with Crippen molar-refractivity contribution in [3.63, 3.8) is 0 Å². The van der Waals surface area contributed by atoms with Crippen molar-refractivity contribution in [2.24, 2.45) is 0 Å². The van der Waals surface area contributed by atoms with Crippen LogP contribution >= 0.6 is 0 Å². The molecule has 2 N–H and O–H groups in total. The van der Waals surface area contributed by atoms with Gasteiger partial charge in [-0.2, -0.15) is 0 Å². The third-order valence-electron chi connectivity index (χ3n) is 5.20. The van der Waals surface area contributed by atoms with E-state index in [-0.39, 0.29) is 13.2 Å². The average Bonchev–Trinajstić information content (AvgIpc) is 2.80. The van der Waals surface area contributed by atoms with Gasteiger partial charge < -0.3 is 14.6 Å². The van der Waals surface area contributed by atoms with E-state index in [9.17, 15) is 9.90 Å². The van der Waals surface area contributed by atoms with E-state index in [1.165, 1.54) is 38.5 Å². The molecule has 1 atom stereocenters. The zero-order valence-electron chi connectivity index (χ0n) is 18.7. The second kappa shape index (κ2) is 15.3. The molecule has 0 heterocycles. The van der Waals surface area contributed by atoms with Crippen LogP contribution in [-0.4, -0.2) is 17.4 Å². The van der Waals surface area contributed by atoms with Crippen molar-refractivity contribution in [2.45, 2.75) is 84.2 Å². The number of amides is 1. The Labute approximate surface area is 186 Å². The van der Waals surface area contributed by atoms with Crippen molar-refractivity contribution in [2.75, 3.05) is 0 Å². The minimum absolute atomic E-state index is 0.00791. The maximum Gasteiger partial charge on any atom is 0.410 e. The van der Waals surface area contributed by atoms with Gasteiger partial charge in [0.1, 0.15) is 12.4 Å². The van der Waals surface area contributed by atoms with Crippen LogP contribution in [0.3, 0.4) is 0 Å². The Morgan fingerprint density at radius 3 is 2.16 bits per heavy atom. The van der Waals surface area contributed by atoms with Crippen molar-refractivity contribution in [1.82, 2.24) is 5.32 Å². The van der Waals surface area contributed by atoms with E-state index in [1.54, 1.807) is 0 Å². The van der Waals surface area contributed by atoms with Gasteiger partial charge in [-0.25, -0.2) is 4.79 Å². The molecule has 0 spiro atoms. The Bertz CT molecular complexity index is 718. The molecule has 170 valence electrons. The number of unbranched alkanes of at least 4 members (excludes halogenated alkanes) is 7. The molecule has 5 nitrogen and oxygen atoms in total. The molecule has 0 fully saturated rings. The summed E-state index contributed by atoms with van der Waals surface area (Å²) in [7, 11) is 0. The van der Waals surface area contributed by atoms with E-state index in [1.807, 2.05) is 54.6 Å². The van der Waals surface area contributed by atoms with Crippen molar-refractivity contribution in [1.29, 1.82) is 0 Å². The molecule has 5 heteroatoms. The van der Waals surface area contributed by atoms with Gasteiger partial charge in [-0.05, 0) is 29.7 Å². The Balaban J connectivity index is 1.80. The molecule has 0 bridgehead atoms. The van der Waals surface area contributed by atoms with Gasteiger partial charge in [0.2, 0.25) is 0 Å². The first-order valence-electron chi connectivity index (χ1n) is 11.5. The Kier molecular flexibility index (Phi) is 12.2. The normalized spacial score (nSPS) is 11.7. The first-order chi connectivity index (χ1) is 15.2. The highest BCUT2D eigenvalue weighted by atomic mass is 16.6. The van der Waals surface area contributed by atoms with Crippen LogP contribution in [0.5, 0.6) is 5.75 Å². The molecule has 0 aliphatic carbocycles. The summed E-state index contributed by atoms with van der Waals surface area (Å²) in [4.78, 5) is 12.3. The molecule has 1 unspecified atom stereocenters. The number of hydrogen-bond acceptors (Lipinski definition) is 4. The molecule has 0 saturated carbocycles. The topological polar surface area (TPSA) is 67.8 Å². The van der Waals surface area contributed by atoms with Gasteiger partial charge in [0, 0.05) is 6.42 Å². The van der Waals surface area contributed by atoms with Gasteiger partial charge in [-0.1, -0.05) is 94.3 Å². The largest absolute Gasteiger partial charge is 0.471 e. The van der Waals surface area contributed by atoms with Crippen molar-refractivity contribution in [3.05, 3.63) is 65.7 Å². The zero-order chi connectivity index (χ0) is 22.2. The standard InChI is InChI=1S/C26H37NO4/c1-2-3-4-5-6-7-8-12-15-25(31-24-18-16-22(20-28)17-19-24)27-26(29)30-21-23-13-10-9-11-14-23/h9-11,13-14,16-19,25,28H,2-8,12,15,20-21H2,1H3,(H,27,29). The molecule has 0 saturated heterocycles. The maximum absolute atomic E-state index is 12.3. The first kappa shape index (κ1) is 24.7. The number of ether oxygens (including phenoxy) is 2. The Hall–Kier alpha value is -2.53. The number of carbonyl (C=O) groups is 1. The number of aliphatic hydroxyl groups excluding tert-OH is 1. The summed E-state index contributed by atoms with van der Waals surface area (Å²) < 4.78 is 11.4. The second-order valence-corrected chi connectivity index (χ2v) is 7.88. The minimum atomic E-state index is -0.486. The lowest BCUT2D eigenvalue weighted by Crippen LogP contribution is -2.39. The van der Waals surface area contributed by atoms with Crippen molar-refractivity contribution < 1.29 is 19.4 Å². The number of hydrogen-bond donors (Lipinski definition) is 2. The van der Waals surface area contributed by atoms with Crippen LogP contribution in [-0.2, 0) is 18.0 Å². The van der Waals surface area contributed by atoms with E-state index in [0.717, 1.165) is 30.4 Å². The van der Waals surface area contributed by atoms with Crippen molar-refractivity contribution >= 4 is 6.09 Å².